The van der Waals surface area contributed by atoms with Gasteiger partial charge in [0.1, 0.15) is 5.82 Å². The van der Waals surface area contributed by atoms with E-state index in [-0.39, 0.29) is 5.41 Å². The van der Waals surface area contributed by atoms with Crippen LogP contribution in [0.1, 0.15) is 26.3 Å². The van der Waals surface area contributed by atoms with Crippen molar-refractivity contribution in [3.05, 3.63) is 24.0 Å². The number of hydrogen-bond donors (Lipinski definition) is 1. The molecule has 15 heavy (non-hydrogen) atoms. The molecule has 80 valence electrons. The number of hydrogen-bond acceptors (Lipinski definition) is 3. The molecule has 0 radical (unpaired) electrons. The van der Waals surface area contributed by atoms with Gasteiger partial charge in [0.15, 0.2) is 5.65 Å². The van der Waals surface area contributed by atoms with Gasteiger partial charge in [-0.15, -0.1) is 0 Å². The molecule has 2 rings (SSSR count). The molecule has 0 fully saturated rings. The molecule has 1 N–H and O–H groups in total. The molecule has 0 amide bonds. The molecule has 0 unspecified atom stereocenters. The largest absolute Gasteiger partial charge is 0.373 e. The zero-order valence-electron chi connectivity index (χ0n) is 9.57. The molecule has 4 nitrogen and oxygen atoms in total. The van der Waals surface area contributed by atoms with Crippen LogP contribution in [0, 0.1) is 0 Å². The average molecular weight is 204 g/mol. The fraction of sp³-hybridized carbons (Fsp3) is 0.455. The fourth-order valence-electron chi connectivity index (χ4n) is 1.61. The van der Waals surface area contributed by atoms with E-state index >= 15 is 0 Å². The molecule has 2 aromatic rings. The third kappa shape index (κ3) is 1.56. The van der Waals surface area contributed by atoms with E-state index in [4.69, 9.17) is 0 Å². The Kier molecular flexibility index (Phi) is 2.14. The summed E-state index contributed by atoms with van der Waals surface area (Å²) in [6.45, 7) is 6.49. The smallest absolute Gasteiger partial charge is 0.161 e. The predicted octanol–water partition coefficient (Wildman–Crippen LogP) is 2.07. The third-order valence-electron chi connectivity index (χ3n) is 2.47. The van der Waals surface area contributed by atoms with Crippen molar-refractivity contribution in [3.63, 3.8) is 0 Å². The molecule has 0 bridgehead atoms. The molecule has 0 saturated carbocycles. The van der Waals surface area contributed by atoms with Crippen molar-refractivity contribution in [2.24, 2.45) is 0 Å². The van der Waals surface area contributed by atoms with Gasteiger partial charge in [0, 0.05) is 18.8 Å². The van der Waals surface area contributed by atoms with E-state index in [1.165, 1.54) is 5.56 Å². The first-order valence-electron chi connectivity index (χ1n) is 5.05. The standard InChI is InChI=1S/C11H16N4/c1-11(2,3)8-7-14-15-9(12-4)5-6-13-10(8)15/h5-7,12H,1-4H3. The number of nitrogens with zero attached hydrogens (tertiary/aromatic N) is 3. The maximum Gasteiger partial charge on any atom is 0.161 e. The third-order valence-corrected chi connectivity index (χ3v) is 2.47. The predicted molar refractivity (Wildman–Crippen MR) is 61.2 cm³/mol. The number of nitrogens with one attached hydrogen (secondary N) is 1. The Hall–Kier alpha value is -1.58. The summed E-state index contributed by atoms with van der Waals surface area (Å²) in [6, 6.07) is 1.91. The average Bonchev–Trinajstić information content (AvgIpc) is 2.59. The minimum atomic E-state index is 0.0706. The summed E-state index contributed by atoms with van der Waals surface area (Å²) in [4.78, 5) is 4.38. The molecule has 4 heteroatoms. The second-order valence-corrected chi connectivity index (χ2v) is 4.62. The summed E-state index contributed by atoms with van der Waals surface area (Å²) in [5.74, 6) is 0.954. The molecular formula is C11H16N4. The lowest BCUT2D eigenvalue weighted by molar-refractivity contribution is 0.594. The Morgan fingerprint density at radius 1 is 1.33 bits per heavy atom. The van der Waals surface area contributed by atoms with Gasteiger partial charge >= 0.3 is 0 Å². The van der Waals surface area contributed by atoms with Gasteiger partial charge < -0.3 is 5.32 Å². The van der Waals surface area contributed by atoms with Gasteiger partial charge in [-0.2, -0.15) is 9.61 Å². The summed E-state index contributed by atoms with van der Waals surface area (Å²) in [6.07, 6.45) is 3.70. The molecule has 0 saturated heterocycles. The van der Waals surface area contributed by atoms with Gasteiger partial charge in [0.25, 0.3) is 0 Å². The lowest BCUT2D eigenvalue weighted by Gasteiger charge is -2.16. The van der Waals surface area contributed by atoms with Crippen molar-refractivity contribution in [2.75, 3.05) is 12.4 Å². The minimum absolute atomic E-state index is 0.0706. The number of aromatic nitrogens is 3. The topological polar surface area (TPSA) is 42.2 Å². The molecule has 0 aliphatic rings. The van der Waals surface area contributed by atoms with Crippen LogP contribution < -0.4 is 5.32 Å². The second kappa shape index (κ2) is 3.22. The van der Waals surface area contributed by atoms with Crippen molar-refractivity contribution in [1.82, 2.24) is 14.6 Å². The highest BCUT2D eigenvalue weighted by atomic mass is 15.3. The van der Waals surface area contributed by atoms with E-state index in [2.05, 4.69) is 36.2 Å². The van der Waals surface area contributed by atoms with Crippen LogP contribution in [0.3, 0.4) is 0 Å². The number of rotatable bonds is 1. The second-order valence-electron chi connectivity index (χ2n) is 4.62. The zero-order valence-corrected chi connectivity index (χ0v) is 9.57. The molecule has 0 aromatic carbocycles. The maximum atomic E-state index is 4.38. The highest BCUT2D eigenvalue weighted by molar-refractivity contribution is 5.54. The summed E-state index contributed by atoms with van der Waals surface area (Å²) >= 11 is 0. The first kappa shape index (κ1) is 9.96. The van der Waals surface area contributed by atoms with Crippen LogP contribution in [0.15, 0.2) is 18.5 Å². The van der Waals surface area contributed by atoms with E-state index < -0.39 is 0 Å². The highest BCUT2D eigenvalue weighted by Crippen LogP contribution is 2.26. The lowest BCUT2D eigenvalue weighted by atomic mass is 9.89. The van der Waals surface area contributed by atoms with Crippen LogP contribution in [0.2, 0.25) is 0 Å². The quantitative estimate of drug-likeness (QED) is 0.773. The van der Waals surface area contributed by atoms with Gasteiger partial charge in [-0.1, -0.05) is 20.8 Å². The Morgan fingerprint density at radius 2 is 2.07 bits per heavy atom. The Balaban J connectivity index is 2.72. The molecule has 0 spiro atoms. The van der Waals surface area contributed by atoms with E-state index in [0.29, 0.717) is 0 Å². The SMILES string of the molecule is CNc1ccnc2c(C(C)(C)C)cnn12. The molecule has 0 aliphatic heterocycles. The van der Waals surface area contributed by atoms with Crippen molar-refractivity contribution in [2.45, 2.75) is 26.2 Å². The lowest BCUT2D eigenvalue weighted by Crippen LogP contribution is -2.11. The van der Waals surface area contributed by atoms with Gasteiger partial charge in [0.05, 0.1) is 6.20 Å². The van der Waals surface area contributed by atoms with Crippen LogP contribution in [-0.2, 0) is 5.41 Å². The van der Waals surface area contributed by atoms with Crippen molar-refractivity contribution in [3.8, 4) is 0 Å². The van der Waals surface area contributed by atoms with Crippen LogP contribution in [-0.4, -0.2) is 21.6 Å². The first-order chi connectivity index (χ1) is 7.04. The zero-order chi connectivity index (χ0) is 11.1. The van der Waals surface area contributed by atoms with Crippen molar-refractivity contribution >= 4 is 11.5 Å². The van der Waals surface area contributed by atoms with E-state index in [9.17, 15) is 0 Å². The van der Waals surface area contributed by atoms with Crippen LogP contribution in [0.5, 0.6) is 0 Å². The normalized spacial score (nSPS) is 12.0. The van der Waals surface area contributed by atoms with E-state index in [1.54, 1.807) is 6.20 Å². The van der Waals surface area contributed by atoms with Gasteiger partial charge in [-0.25, -0.2) is 4.98 Å². The fourth-order valence-corrected chi connectivity index (χ4v) is 1.61. The van der Waals surface area contributed by atoms with E-state index in [0.717, 1.165) is 11.5 Å². The molecule has 2 aromatic heterocycles. The van der Waals surface area contributed by atoms with Gasteiger partial charge in [-0.05, 0) is 11.5 Å². The van der Waals surface area contributed by atoms with Gasteiger partial charge in [0.2, 0.25) is 0 Å². The number of fused-ring (bicyclic) bond motifs is 1. The monoisotopic (exact) mass is 204 g/mol. The first-order valence-corrected chi connectivity index (χ1v) is 5.05. The van der Waals surface area contributed by atoms with Gasteiger partial charge in [-0.3, -0.25) is 0 Å². The molecule has 0 atom stereocenters. The summed E-state index contributed by atoms with van der Waals surface area (Å²) in [5.41, 5.74) is 2.16. The minimum Gasteiger partial charge on any atom is -0.373 e. The Labute approximate surface area is 89.3 Å². The van der Waals surface area contributed by atoms with Crippen LogP contribution >= 0.6 is 0 Å². The van der Waals surface area contributed by atoms with Crippen molar-refractivity contribution < 1.29 is 0 Å². The Morgan fingerprint density at radius 3 is 2.67 bits per heavy atom. The van der Waals surface area contributed by atoms with Crippen LogP contribution in [0.4, 0.5) is 5.82 Å². The molecular weight excluding hydrogens is 188 g/mol. The molecule has 2 heterocycles. The highest BCUT2D eigenvalue weighted by Gasteiger charge is 2.20. The van der Waals surface area contributed by atoms with E-state index in [1.807, 2.05) is 23.8 Å². The summed E-state index contributed by atoms with van der Waals surface area (Å²) < 4.78 is 1.83. The summed E-state index contributed by atoms with van der Waals surface area (Å²) in [5, 5.41) is 7.44. The maximum absolute atomic E-state index is 4.38. The number of anilines is 1. The van der Waals surface area contributed by atoms with Crippen molar-refractivity contribution in [1.29, 1.82) is 0 Å². The van der Waals surface area contributed by atoms with Crippen LogP contribution in [0.25, 0.3) is 5.65 Å². The Bertz CT molecular complexity index is 479. The molecule has 0 aliphatic carbocycles. The summed E-state index contributed by atoms with van der Waals surface area (Å²) in [7, 11) is 1.88.